The van der Waals surface area contributed by atoms with Crippen LogP contribution in [0.15, 0.2) is 23.1 Å². The Bertz CT molecular complexity index is 818. The summed E-state index contributed by atoms with van der Waals surface area (Å²) < 4.78 is 28.5. The summed E-state index contributed by atoms with van der Waals surface area (Å²) >= 11 is 0. The molecule has 0 spiro atoms. The number of fused-ring (bicyclic) bond motifs is 2. The van der Waals surface area contributed by atoms with Gasteiger partial charge in [-0.1, -0.05) is 12.8 Å². The van der Waals surface area contributed by atoms with Gasteiger partial charge in [0.05, 0.1) is 4.90 Å². The fourth-order valence-corrected chi connectivity index (χ4v) is 7.07. The zero-order chi connectivity index (χ0) is 18.5. The Balaban J connectivity index is 1.67. The molecule has 4 rings (SSSR count). The van der Waals surface area contributed by atoms with Crippen molar-refractivity contribution in [2.24, 2.45) is 5.92 Å². The Morgan fingerprint density at radius 3 is 2.62 bits per heavy atom. The molecule has 1 aliphatic carbocycles. The lowest BCUT2D eigenvalue weighted by Gasteiger charge is -2.43. The molecule has 0 N–H and O–H groups in total. The van der Waals surface area contributed by atoms with E-state index in [4.69, 9.17) is 0 Å². The number of piperidine rings is 1. The molecule has 0 unspecified atom stereocenters. The highest BCUT2D eigenvalue weighted by molar-refractivity contribution is 7.89. The zero-order valence-corrected chi connectivity index (χ0v) is 16.5. The van der Waals surface area contributed by atoms with Crippen molar-refractivity contribution < 1.29 is 13.2 Å². The third-order valence-electron chi connectivity index (χ3n) is 6.40. The van der Waals surface area contributed by atoms with Gasteiger partial charge in [0.2, 0.25) is 15.9 Å². The van der Waals surface area contributed by atoms with Crippen LogP contribution in [0.4, 0.5) is 5.69 Å². The maximum Gasteiger partial charge on any atom is 0.243 e. The molecule has 2 heterocycles. The van der Waals surface area contributed by atoms with E-state index in [2.05, 4.69) is 0 Å². The van der Waals surface area contributed by atoms with E-state index in [-0.39, 0.29) is 18.0 Å². The maximum absolute atomic E-state index is 13.4. The van der Waals surface area contributed by atoms with Crippen molar-refractivity contribution in [2.75, 3.05) is 11.4 Å². The Hall–Kier alpha value is -1.40. The van der Waals surface area contributed by atoms with Crippen molar-refractivity contribution in [2.45, 2.75) is 75.8 Å². The lowest BCUT2D eigenvalue weighted by atomic mass is 9.79. The topological polar surface area (TPSA) is 57.7 Å². The van der Waals surface area contributed by atoms with Gasteiger partial charge in [-0.2, -0.15) is 4.31 Å². The van der Waals surface area contributed by atoms with Crippen LogP contribution >= 0.6 is 0 Å². The molecule has 0 bridgehead atoms. The van der Waals surface area contributed by atoms with Gasteiger partial charge in [-0.25, -0.2) is 8.42 Å². The second kappa shape index (κ2) is 6.64. The number of nitrogens with zero attached hydrogens (tertiary/aromatic N) is 2. The first kappa shape index (κ1) is 18.0. The smallest absolute Gasteiger partial charge is 0.243 e. The summed E-state index contributed by atoms with van der Waals surface area (Å²) in [5, 5.41) is 0. The quantitative estimate of drug-likeness (QED) is 0.795. The maximum atomic E-state index is 13.4. The van der Waals surface area contributed by atoms with Crippen LogP contribution in [-0.4, -0.2) is 37.3 Å². The summed E-state index contributed by atoms with van der Waals surface area (Å²) in [6, 6.07) is 5.56. The molecule has 1 saturated heterocycles. The van der Waals surface area contributed by atoms with Gasteiger partial charge in [0.25, 0.3) is 0 Å². The van der Waals surface area contributed by atoms with E-state index in [9.17, 15) is 13.2 Å². The van der Waals surface area contributed by atoms with Crippen molar-refractivity contribution >= 4 is 21.6 Å². The van der Waals surface area contributed by atoms with E-state index in [1.54, 1.807) is 28.3 Å². The lowest BCUT2D eigenvalue weighted by molar-refractivity contribution is -0.116. The molecule has 26 heavy (non-hydrogen) atoms. The Morgan fingerprint density at radius 2 is 1.85 bits per heavy atom. The van der Waals surface area contributed by atoms with Crippen molar-refractivity contribution in [3.05, 3.63) is 23.8 Å². The van der Waals surface area contributed by atoms with Gasteiger partial charge in [0.1, 0.15) is 0 Å². The highest BCUT2D eigenvalue weighted by Crippen LogP contribution is 2.39. The third kappa shape index (κ3) is 2.87. The Morgan fingerprint density at radius 1 is 1.12 bits per heavy atom. The van der Waals surface area contributed by atoms with Crippen LogP contribution in [0.3, 0.4) is 0 Å². The van der Waals surface area contributed by atoms with Gasteiger partial charge in [0, 0.05) is 31.2 Å². The first-order chi connectivity index (χ1) is 12.4. The van der Waals surface area contributed by atoms with Crippen LogP contribution in [0.5, 0.6) is 0 Å². The molecule has 2 fully saturated rings. The van der Waals surface area contributed by atoms with Crippen molar-refractivity contribution in [3.8, 4) is 0 Å². The summed E-state index contributed by atoms with van der Waals surface area (Å²) in [6.45, 7) is 4.20. The molecule has 0 aromatic heterocycles. The van der Waals surface area contributed by atoms with E-state index in [1.165, 1.54) is 6.42 Å². The SMILES string of the molecule is CC(=O)N1c2ccc(S(=O)(=O)N3CCC[C@@H]4CCCC[C@H]43)cc2C[C@H]1C. The minimum atomic E-state index is -3.48. The first-order valence-corrected chi connectivity index (χ1v) is 11.3. The molecular weight excluding hydrogens is 348 g/mol. The second-order valence-corrected chi connectivity index (χ2v) is 9.99. The van der Waals surface area contributed by atoms with Crippen LogP contribution in [-0.2, 0) is 21.2 Å². The standard InChI is InChI=1S/C20H28N2O3S/c1-14-12-17-13-18(9-10-20(17)22(14)15(2)23)26(24,25)21-11-5-7-16-6-3-4-8-19(16)21/h9-10,13-14,16,19H,3-8,11-12H2,1-2H3/t14-,16+,19-/m1/s1. The Kier molecular flexibility index (Phi) is 4.59. The van der Waals surface area contributed by atoms with Crippen LogP contribution in [0.1, 0.15) is 57.9 Å². The molecule has 1 aromatic rings. The van der Waals surface area contributed by atoms with Crippen LogP contribution in [0.25, 0.3) is 0 Å². The van der Waals surface area contributed by atoms with Crippen molar-refractivity contribution in [1.82, 2.24) is 4.31 Å². The summed E-state index contributed by atoms with van der Waals surface area (Å²) in [7, 11) is -3.48. The minimum absolute atomic E-state index is 0.00735. The van der Waals surface area contributed by atoms with Crippen LogP contribution < -0.4 is 4.90 Å². The minimum Gasteiger partial charge on any atom is -0.309 e. The molecular formula is C20H28N2O3S. The molecule has 1 amide bonds. The summed E-state index contributed by atoms with van der Waals surface area (Å²) in [5.41, 5.74) is 1.82. The number of sulfonamides is 1. The largest absolute Gasteiger partial charge is 0.309 e. The van der Waals surface area contributed by atoms with Gasteiger partial charge < -0.3 is 4.90 Å². The van der Waals surface area contributed by atoms with Crippen LogP contribution in [0.2, 0.25) is 0 Å². The number of amides is 1. The van der Waals surface area contributed by atoms with E-state index < -0.39 is 10.0 Å². The predicted octanol–water partition coefficient (Wildman–Crippen LogP) is 3.33. The van der Waals surface area contributed by atoms with Gasteiger partial charge in [-0.3, -0.25) is 4.79 Å². The number of benzene rings is 1. The number of hydrogen-bond donors (Lipinski definition) is 0. The highest BCUT2D eigenvalue weighted by atomic mass is 32.2. The van der Waals surface area contributed by atoms with Crippen molar-refractivity contribution in [3.63, 3.8) is 0 Å². The second-order valence-electron chi connectivity index (χ2n) is 8.10. The predicted molar refractivity (Wildman–Crippen MR) is 102 cm³/mol. The zero-order valence-electron chi connectivity index (χ0n) is 15.6. The number of hydrogen-bond acceptors (Lipinski definition) is 3. The summed E-state index contributed by atoms with van der Waals surface area (Å²) in [5.74, 6) is 0.530. The van der Waals surface area contributed by atoms with Crippen LogP contribution in [0, 0.1) is 5.92 Å². The lowest BCUT2D eigenvalue weighted by Crippen LogP contribution is -2.49. The summed E-state index contributed by atoms with van der Waals surface area (Å²) in [6.07, 6.45) is 7.34. The highest BCUT2D eigenvalue weighted by Gasteiger charge is 2.40. The van der Waals surface area contributed by atoms with Gasteiger partial charge in [-0.05, 0) is 68.7 Å². The molecule has 142 valence electrons. The first-order valence-electron chi connectivity index (χ1n) is 9.84. The molecule has 3 atom stereocenters. The number of carbonyl (C=O) groups excluding carboxylic acids is 1. The summed E-state index contributed by atoms with van der Waals surface area (Å²) in [4.78, 5) is 14.1. The van der Waals surface area contributed by atoms with E-state index in [0.29, 0.717) is 23.8 Å². The molecule has 5 nitrogen and oxygen atoms in total. The molecule has 1 saturated carbocycles. The molecule has 3 aliphatic rings. The van der Waals surface area contributed by atoms with Gasteiger partial charge >= 0.3 is 0 Å². The van der Waals surface area contributed by atoms with E-state index in [0.717, 1.165) is 43.4 Å². The average Bonchev–Trinajstić information content (AvgIpc) is 2.96. The average molecular weight is 377 g/mol. The fraction of sp³-hybridized carbons (Fsp3) is 0.650. The number of anilines is 1. The fourth-order valence-electron chi connectivity index (χ4n) is 5.26. The third-order valence-corrected chi connectivity index (χ3v) is 8.33. The van der Waals surface area contributed by atoms with Gasteiger partial charge in [0.15, 0.2) is 0 Å². The van der Waals surface area contributed by atoms with E-state index in [1.807, 2.05) is 13.0 Å². The molecule has 1 aromatic carbocycles. The number of rotatable bonds is 2. The number of carbonyl (C=O) groups is 1. The Labute approximate surface area is 156 Å². The van der Waals surface area contributed by atoms with E-state index >= 15 is 0 Å². The molecule has 6 heteroatoms. The monoisotopic (exact) mass is 376 g/mol. The molecule has 2 aliphatic heterocycles. The molecule has 0 radical (unpaired) electrons. The van der Waals surface area contributed by atoms with Gasteiger partial charge in [-0.15, -0.1) is 0 Å². The normalized spacial score (nSPS) is 29.3. The van der Waals surface area contributed by atoms with Crippen molar-refractivity contribution in [1.29, 1.82) is 0 Å².